The molecule has 1 aliphatic rings. The van der Waals surface area contributed by atoms with Crippen LogP contribution in [0.25, 0.3) is 0 Å². The van der Waals surface area contributed by atoms with Crippen LogP contribution in [0.4, 0.5) is 11.5 Å². The Morgan fingerprint density at radius 3 is 2.55 bits per heavy atom. The van der Waals surface area contributed by atoms with Gasteiger partial charge in [-0.1, -0.05) is 29.3 Å². The Hall–Kier alpha value is -1.32. The maximum atomic E-state index is 6.20. The molecule has 1 N–H and O–H groups in total. The second kappa shape index (κ2) is 5.23. The van der Waals surface area contributed by atoms with Gasteiger partial charge in [0.05, 0.1) is 0 Å². The summed E-state index contributed by atoms with van der Waals surface area (Å²) in [6.07, 6.45) is 2.30. The van der Waals surface area contributed by atoms with E-state index < -0.39 is 0 Å². The van der Waals surface area contributed by atoms with Crippen LogP contribution in [0.15, 0.2) is 18.2 Å². The van der Waals surface area contributed by atoms with Gasteiger partial charge >= 0.3 is 0 Å². The summed E-state index contributed by atoms with van der Waals surface area (Å²) in [7, 11) is 0. The molecule has 1 saturated carbocycles. The van der Waals surface area contributed by atoms with Crippen molar-refractivity contribution in [2.75, 3.05) is 5.32 Å². The van der Waals surface area contributed by atoms with E-state index in [1.54, 1.807) is 0 Å². The fourth-order valence-corrected chi connectivity index (χ4v) is 2.32. The molecule has 0 bridgehead atoms. The van der Waals surface area contributed by atoms with Crippen molar-refractivity contribution in [2.45, 2.75) is 32.6 Å². The van der Waals surface area contributed by atoms with Gasteiger partial charge in [0.1, 0.15) is 16.8 Å². The Kier molecular flexibility index (Phi) is 3.57. The van der Waals surface area contributed by atoms with Crippen LogP contribution < -0.4 is 5.32 Å². The predicted octanol–water partition coefficient (Wildman–Crippen LogP) is 5.02. The van der Waals surface area contributed by atoms with E-state index in [-0.39, 0.29) is 0 Å². The highest BCUT2D eigenvalue weighted by atomic mass is 35.5. The van der Waals surface area contributed by atoms with Crippen LogP contribution >= 0.6 is 23.2 Å². The zero-order valence-corrected chi connectivity index (χ0v) is 12.9. The maximum absolute atomic E-state index is 6.20. The van der Waals surface area contributed by atoms with Crippen LogP contribution in [0.5, 0.6) is 0 Å². The van der Waals surface area contributed by atoms with E-state index in [0.29, 0.717) is 11.1 Å². The van der Waals surface area contributed by atoms with Crippen LogP contribution in [0, 0.1) is 13.8 Å². The SMILES string of the molecule is Cc1ccc(Nc2nc(C3CC3)nc(Cl)c2C)cc1Cl. The van der Waals surface area contributed by atoms with E-state index in [4.69, 9.17) is 23.2 Å². The third-order valence-electron chi connectivity index (χ3n) is 3.48. The quantitative estimate of drug-likeness (QED) is 0.809. The number of aromatic nitrogens is 2. The predicted molar refractivity (Wildman–Crippen MR) is 83.2 cm³/mol. The van der Waals surface area contributed by atoms with Crippen molar-refractivity contribution in [1.82, 2.24) is 9.97 Å². The first-order valence-corrected chi connectivity index (χ1v) is 7.37. The molecule has 0 saturated heterocycles. The highest BCUT2D eigenvalue weighted by Gasteiger charge is 2.28. The Bertz CT molecular complexity index is 666. The standard InChI is InChI=1S/C15H15Cl2N3/c1-8-3-6-11(7-12(8)16)18-14-9(2)13(17)19-15(20-14)10-4-5-10/h3,6-7,10H,4-5H2,1-2H3,(H,18,19,20). The lowest BCUT2D eigenvalue weighted by Gasteiger charge is -2.12. The average molecular weight is 308 g/mol. The summed E-state index contributed by atoms with van der Waals surface area (Å²) >= 11 is 12.3. The number of anilines is 2. The number of rotatable bonds is 3. The molecule has 104 valence electrons. The van der Waals surface area contributed by atoms with Gasteiger partial charge in [0.2, 0.25) is 0 Å². The third-order valence-corrected chi connectivity index (χ3v) is 4.26. The lowest BCUT2D eigenvalue weighted by molar-refractivity contribution is 0.922. The summed E-state index contributed by atoms with van der Waals surface area (Å²) in [5, 5.41) is 4.53. The van der Waals surface area contributed by atoms with Crippen molar-refractivity contribution in [2.24, 2.45) is 0 Å². The molecule has 1 aromatic carbocycles. The summed E-state index contributed by atoms with van der Waals surface area (Å²) in [6, 6.07) is 5.85. The molecular weight excluding hydrogens is 293 g/mol. The molecule has 0 amide bonds. The summed E-state index contributed by atoms with van der Waals surface area (Å²) in [5.74, 6) is 2.06. The Labute approximate surface area is 128 Å². The highest BCUT2D eigenvalue weighted by Crippen LogP contribution is 2.39. The molecule has 0 unspecified atom stereocenters. The molecular formula is C15H15Cl2N3. The van der Waals surface area contributed by atoms with Gasteiger partial charge in [-0.3, -0.25) is 0 Å². The monoisotopic (exact) mass is 307 g/mol. The molecule has 3 nitrogen and oxygen atoms in total. The first-order valence-electron chi connectivity index (χ1n) is 6.62. The number of aryl methyl sites for hydroxylation is 1. The van der Waals surface area contributed by atoms with Crippen LogP contribution in [0.3, 0.4) is 0 Å². The van der Waals surface area contributed by atoms with E-state index >= 15 is 0 Å². The second-order valence-electron chi connectivity index (χ2n) is 5.21. The third kappa shape index (κ3) is 2.74. The Morgan fingerprint density at radius 2 is 1.90 bits per heavy atom. The molecule has 0 spiro atoms. The number of nitrogens with one attached hydrogen (secondary N) is 1. The molecule has 0 radical (unpaired) electrons. The van der Waals surface area contributed by atoms with Crippen molar-refractivity contribution < 1.29 is 0 Å². The van der Waals surface area contributed by atoms with Crippen LogP contribution in [0.2, 0.25) is 10.2 Å². The van der Waals surface area contributed by atoms with E-state index in [2.05, 4.69) is 15.3 Å². The molecule has 2 aromatic rings. The second-order valence-corrected chi connectivity index (χ2v) is 5.97. The molecule has 0 atom stereocenters. The zero-order chi connectivity index (χ0) is 14.3. The summed E-state index contributed by atoms with van der Waals surface area (Å²) in [6.45, 7) is 3.89. The van der Waals surface area contributed by atoms with E-state index in [9.17, 15) is 0 Å². The topological polar surface area (TPSA) is 37.8 Å². The van der Waals surface area contributed by atoms with Crippen molar-refractivity contribution in [1.29, 1.82) is 0 Å². The van der Waals surface area contributed by atoms with Crippen molar-refractivity contribution in [3.8, 4) is 0 Å². The minimum atomic E-state index is 0.468. The van der Waals surface area contributed by atoms with Gasteiger partial charge in [-0.2, -0.15) is 0 Å². The smallest absolute Gasteiger partial charge is 0.138 e. The minimum absolute atomic E-state index is 0.468. The Morgan fingerprint density at radius 1 is 1.15 bits per heavy atom. The number of halogens is 2. The number of nitrogens with zero attached hydrogens (tertiary/aromatic N) is 2. The fraction of sp³-hybridized carbons (Fsp3) is 0.333. The molecule has 1 heterocycles. The number of hydrogen-bond acceptors (Lipinski definition) is 3. The minimum Gasteiger partial charge on any atom is -0.340 e. The number of hydrogen-bond donors (Lipinski definition) is 1. The first kappa shape index (κ1) is 13.7. The van der Waals surface area contributed by atoms with Gasteiger partial charge in [-0.15, -0.1) is 0 Å². The summed E-state index contributed by atoms with van der Waals surface area (Å²) in [4.78, 5) is 8.95. The van der Waals surface area contributed by atoms with E-state index in [1.807, 2.05) is 32.0 Å². The van der Waals surface area contributed by atoms with Gasteiger partial charge < -0.3 is 5.32 Å². The molecule has 5 heteroatoms. The van der Waals surface area contributed by atoms with Gasteiger partial charge in [-0.05, 0) is 44.4 Å². The zero-order valence-electron chi connectivity index (χ0n) is 11.4. The number of benzene rings is 1. The van der Waals surface area contributed by atoms with Crippen molar-refractivity contribution >= 4 is 34.7 Å². The molecule has 1 fully saturated rings. The molecule has 20 heavy (non-hydrogen) atoms. The Balaban J connectivity index is 1.94. The molecule has 3 rings (SSSR count). The van der Waals surface area contributed by atoms with E-state index in [1.165, 1.54) is 0 Å². The molecule has 1 aliphatic carbocycles. The van der Waals surface area contributed by atoms with Crippen LogP contribution in [-0.4, -0.2) is 9.97 Å². The first-order chi connectivity index (χ1) is 9.54. The molecule has 1 aromatic heterocycles. The van der Waals surface area contributed by atoms with E-state index in [0.717, 1.165) is 46.3 Å². The lowest BCUT2D eigenvalue weighted by Crippen LogP contribution is -2.03. The van der Waals surface area contributed by atoms with Gasteiger partial charge in [0, 0.05) is 22.2 Å². The van der Waals surface area contributed by atoms with Crippen LogP contribution in [0.1, 0.15) is 35.7 Å². The van der Waals surface area contributed by atoms with Crippen LogP contribution in [-0.2, 0) is 0 Å². The largest absolute Gasteiger partial charge is 0.340 e. The van der Waals surface area contributed by atoms with Gasteiger partial charge in [-0.25, -0.2) is 9.97 Å². The van der Waals surface area contributed by atoms with Crippen molar-refractivity contribution in [3.05, 3.63) is 45.3 Å². The average Bonchev–Trinajstić information content (AvgIpc) is 3.23. The summed E-state index contributed by atoms with van der Waals surface area (Å²) in [5.41, 5.74) is 2.81. The normalized spacial score (nSPS) is 14.4. The van der Waals surface area contributed by atoms with Gasteiger partial charge in [0.25, 0.3) is 0 Å². The van der Waals surface area contributed by atoms with Gasteiger partial charge in [0.15, 0.2) is 0 Å². The lowest BCUT2D eigenvalue weighted by atomic mass is 10.2. The maximum Gasteiger partial charge on any atom is 0.138 e. The fourth-order valence-electron chi connectivity index (χ4n) is 1.96. The van der Waals surface area contributed by atoms with Crippen molar-refractivity contribution in [3.63, 3.8) is 0 Å². The summed E-state index contributed by atoms with van der Waals surface area (Å²) < 4.78 is 0. The molecule has 0 aliphatic heterocycles. The highest BCUT2D eigenvalue weighted by molar-refractivity contribution is 6.31.